The minimum Gasteiger partial charge on any atom is -0.260 e. The lowest BCUT2D eigenvalue weighted by Gasteiger charge is -2.22. The first kappa shape index (κ1) is 20.7. The molecule has 148 valence electrons. The SMILES string of the molecule is CC(C)c1ccc(S(=O)(=O)N(Cc2ccc(C#N)cc2)Cc2ccccn2)cc1. The molecule has 0 aliphatic heterocycles. The second-order valence-electron chi connectivity index (χ2n) is 7.13. The van der Waals surface area contributed by atoms with Crippen LogP contribution in [-0.2, 0) is 23.1 Å². The van der Waals surface area contributed by atoms with Gasteiger partial charge in [-0.05, 0) is 53.4 Å². The second-order valence-corrected chi connectivity index (χ2v) is 9.06. The van der Waals surface area contributed by atoms with Crippen molar-refractivity contribution in [2.45, 2.75) is 37.8 Å². The van der Waals surface area contributed by atoms with Crippen molar-refractivity contribution in [2.75, 3.05) is 0 Å². The van der Waals surface area contributed by atoms with Crippen LogP contribution in [0.1, 0.15) is 42.1 Å². The van der Waals surface area contributed by atoms with Gasteiger partial charge in [0.25, 0.3) is 0 Å². The molecule has 0 amide bonds. The van der Waals surface area contributed by atoms with Crippen LogP contribution in [0.3, 0.4) is 0 Å². The van der Waals surface area contributed by atoms with Crippen molar-refractivity contribution in [1.82, 2.24) is 9.29 Å². The molecular formula is C23H23N3O2S. The highest BCUT2D eigenvalue weighted by atomic mass is 32.2. The number of nitriles is 1. The monoisotopic (exact) mass is 405 g/mol. The van der Waals surface area contributed by atoms with E-state index in [1.807, 2.05) is 24.3 Å². The molecular weight excluding hydrogens is 382 g/mol. The summed E-state index contributed by atoms with van der Waals surface area (Å²) in [6, 6.07) is 21.5. The fraction of sp³-hybridized carbons (Fsp3) is 0.217. The Labute approximate surface area is 172 Å². The van der Waals surface area contributed by atoms with Gasteiger partial charge in [0, 0.05) is 12.7 Å². The van der Waals surface area contributed by atoms with Crippen LogP contribution in [0.25, 0.3) is 0 Å². The van der Waals surface area contributed by atoms with E-state index in [1.54, 1.807) is 48.7 Å². The van der Waals surface area contributed by atoms with Gasteiger partial charge < -0.3 is 0 Å². The lowest BCUT2D eigenvalue weighted by atomic mass is 10.0. The van der Waals surface area contributed by atoms with Crippen molar-refractivity contribution in [1.29, 1.82) is 5.26 Å². The van der Waals surface area contributed by atoms with Gasteiger partial charge in [0.15, 0.2) is 0 Å². The zero-order valence-corrected chi connectivity index (χ0v) is 17.3. The molecule has 6 heteroatoms. The lowest BCUT2D eigenvalue weighted by Crippen LogP contribution is -2.30. The zero-order chi connectivity index (χ0) is 20.9. The Kier molecular flexibility index (Phi) is 6.42. The summed E-state index contributed by atoms with van der Waals surface area (Å²) in [4.78, 5) is 4.54. The van der Waals surface area contributed by atoms with Gasteiger partial charge in [-0.25, -0.2) is 8.42 Å². The molecule has 1 heterocycles. The number of sulfonamides is 1. The van der Waals surface area contributed by atoms with Crippen molar-refractivity contribution in [3.8, 4) is 6.07 Å². The molecule has 0 saturated heterocycles. The molecule has 0 unspecified atom stereocenters. The van der Waals surface area contributed by atoms with Gasteiger partial charge in [-0.15, -0.1) is 0 Å². The standard InChI is InChI=1S/C23H23N3O2S/c1-18(2)21-10-12-23(13-11-21)29(27,28)26(17-22-5-3-4-14-25-22)16-20-8-6-19(15-24)7-9-20/h3-14,18H,16-17H2,1-2H3. The lowest BCUT2D eigenvalue weighted by molar-refractivity contribution is 0.397. The maximum atomic E-state index is 13.4. The van der Waals surface area contributed by atoms with Crippen LogP contribution in [-0.4, -0.2) is 17.7 Å². The van der Waals surface area contributed by atoms with Crippen LogP contribution in [0.5, 0.6) is 0 Å². The quantitative estimate of drug-likeness (QED) is 0.581. The topological polar surface area (TPSA) is 74.1 Å². The first-order valence-electron chi connectivity index (χ1n) is 9.39. The zero-order valence-electron chi connectivity index (χ0n) is 16.5. The highest BCUT2D eigenvalue weighted by molar-refractivity contribution is 7.89. The van der Waals surface area contributed by atoms with Crippen molar-refractivity contribution in [2.24, 2.45) is 0 Å². The van der Waals surface area contributed by atoms with Gasteiger partial charge in [0.2, 0.25) is 10.0 Å². The van der Waals surface area contributed by atoms with Crippen LogP contribution in [0.4, 0.5) is 0 Å². The Hall–Kier alpha value is -3.01. The van der Waals surface area contributed by atoms with E-state index < -0.39 is 10.0 Å². The van der Waals surface area contributed by atoms with Crippen LogP contribution >= 0.6 is 0 Å². The fourth-order valence-corrected chi connectivity index (χ4v) is 4.36. The van der Waals surface area contributed by atoms with E-state index in [-0.39, 0.29) is 18.0 Å². The summed E-state index contributed by atoms with van der Waals surface area (Å²) in [5.41, 5.74) is 3.11. The average Bonchev–Trinajstić information content (AvgIpc) is 2.74. The summed E-state index contributed by atoms with van der Waals surface area (Å²) < 4.78 is 28.2. The summed E-state index contributed by atoms with van der Waals surface area (Å²) in [6.07, 6.45) is 1.65. The Morgan fingerprint density at radius 2 is 1.66 bits per heavy atom. The summed E-state index contributed by atoms with van der Waals surface area (Å²) in [5, 5.41) is 8.98. The third-order valence-corrected chi connectivity index (χ3v) is 6.50. The maximum absolute atomic E-state index is 13.4. The number of aromatic nitrogens is 1. The molecule has 5 nitrogen and oxygen atoms in total. The molecule has 0 N–H and O–H groups in total. The first-order valence-corrected chi connectivity index (χ1v) is 10.8. The van der Waals surface area contributed by atoms with Crippen molar-refractivity contribution < 1.29 is 8.42 Å². The molecule has 0 fully saturated rings. The second kappa shape index (κ2) is 8.99. The predicted octanol–water partition coefficient (Wildman–Crippen LogP) is 4.47. The van der Waals surface area contributed by atoms with Gasteiger partial charge in [0.05, 0.1) is 28.8 Å². The molecule has 0 spiro atoms. The third-order valence-electron chi connectivity index (χ3n) is 4.69. The minimum absolute atomic E-state index is 0.162. The normalized spacial score (nSPS) is 11.6. The Bertz CT molecular complexity index is 1090. The van der Waals surface area contributed by atoms with E-state index >= 15 is 0 Å². The molecule has 0 saturated carbocycles. The fourth-order valence-electron chi connectivity index (χ4n) is 2.96. The summed E-state index contributed by atoms with van der Waals surface area (Å²) in [7, 11) is -3.73. The van der Waals surface area contributed by atoms with Gasteiger partial charge in [-0.3, -0.25) is 4.98 Å². The number of hydrogen-bond donors (Lipinski definition) is 0. The van der Waals surface area contributed by atoms with E-state index in [9.17, 15) is 8.42 Å². The highest BCUT2D eigenvalue weighted by Gasteiger charge is 2.25. The summed E-state index contributed by atoms with van der Waals surface area (Å²) >= 11 is 0. The molecule has 29 heavy (non-hydrogen) atoms. The van der Waals surface area contributed by atoms with E-state index in [0.717, 1.165) is 11.1 Å². The van der Waals surface area contributed by atoms with Crippen LogP contribution in [0, 0.1) is 11.3 Å². The van der Waals surface area contributed by atoms with E-state index in [2.05, 4.69) is 24.9 Å². The van der Waals surface area contributed by atoms with Crippen LogP contribution in [0.2, 0.25) is 0 Å². The van der Waals surface area contributed by atoms with E-state index in [4.69, 9.17) is 5.26 Å². The van der Waals surface area contributed by atoms with Crippen molar-refractivity contribution in [3.63, 3.8) is 0 Å². The summed E-state index contributed by atoms with van der Waals surface area (Å²) in [5.74, 6) is 0.329. The smallest absolute Gasteiger partial charge is 0.243 e. The first-order chi connectivity index (χ1) is 13.9. The molecule has 0 radical (unpaired) electrons. The highest BCUT2D eigenvalue weighted by Crippen LogP contribution is 2.23. The molecule has 3 rings (SSSR count). The molecule has 3 aromatic rings. The molecule has 0 aliphatic carbocycles. The number of pyridine rings is 1. The maximum Gasteiger partial charge on any atom is 0.243 e. The number of benzene rings is 2. The van der Waals surface area contributed by atoms with E-state index in [0.29, 0.717) is 17.2 Å². The minimum atomic E-state index is -3.73. The van der Waals surface area contributed by atoms with Crippen molar-refractivity contribution in [3.05, 3.63) is 95.3 Å². The third kappa shape index (κ3) is 5.08. The predicted molar refractivity (Wildman–Crippen MR) is 112 cm³/mol. The molecule has 1 aromatic heterocycles. The van der Waals surface area contributed by atoms with Crippen molar-refractivity contribution >= 4 is 10.0 Å². The van der Waals surface area contributed by atoms with Crippen LogP contribution in [0.15, 0.2) is 77.8 Å². The largest absolute Gasteiger partial charge is 0.260 e. The van der Waals surface area contributed by atoms with Gasteiger partial charge >= 0.3 is 0 Å². The van der Waals surface area contributed by atoms with Crippen LogP contribution < -0.4 is 0 Å². The Balaban J connectivity index is 1.94. The van der Waals surface area contributed by atoms with E-state index in [1.165, 1.54) is 4.31 Å². The van der Waals surface area contributed by atoms with Gasteiger partial charge in [-0.1, -0.05) is 44.2 Å². The molecule has 0 bridgehead atoms. The molecule has 0 atom stereocenters. The average molecular weight is 406 g/mol. The Morgan fingerprint density at radius 1 is 0.966 bits per heavy atom. The molecule has 2 aromatic carbocycles. The molecule has 0 aliphatic rings. The van der Waals surface area contributed by atoms with Gasteiger partial charge in [0.1, 0.15) is 0 Å². The number of nitrogens with zero attached hydrogens (tertiary/aromatic N) is 3. The number of rotatable bonds is 7. The van der Waals surface area contributed by atoms with Gasteiger partial charge in [-0.2, -0.15) is 9.57 Å². The number of hydrogen-bond acceptors (Lipinski definition) is 4. The summed E-state index contributed by atoms with van der Waals surface area (Å²) in [6.45, 7) is 4.50. The Morgan fingerprint density at radius 3 is 2.21 bits per heavy atom.